The molecular weight excluding hydrogens is 333 g/mol. The minimum absolute atomic E-state index is 0.0352. The number of rotatable bonds is 5. The third-order valence-electron chi connectivity index (χ3n) is 4.48. The standard InChI is InChI=1S/C20H22FN3O2/c21-18-8-6-17(7-9-18)19(25)15-23-10-12-24(13-11-23)20(26)22-14-16-4-2-1-3-5-16/h1-9H,10-15H2,(H,22,26). The Bertz CT molecular complexity index is 741. The molecule has 1 heterocycles. The van der Waals surface area contributed by atoms with E-state index in [1.54, 1.807) is 4.90 Å². The van der Waals surface area contributed by atoms with Gasteiger partial charge in [-0.15, -0.1) is 0 Å². The van der Waals surface area contributed by atoms with Crippen LogP contribution < -0.4 is 5.32 Å². The molecule has 0 atom stereocenters. The molecular formula is C20H22FN3O2. The number of hydrogen-bond donors (Lipinski definition) is 1. The van der Waals surface area contributed by atoms with Gasteiger partial charge in [-0.2, -0.15) is 0 Å². The summed E-state index contributed by atoms with van der Waals surface area (Å²) in [5, 5.41) is 2.92. The monoisotopic (exact) mass is 355 g/mol. The molecule has 0 spiro atoms. The number of nitrogens with one attached hydrogen (secondary N) is 1. The van der Waals surface area contributed by atoms with Gasteiger partial charge in [0.2, 0.25) is 0 Å². The summed E-state index contributed by atoms with van der Waals surface area (Å²) in [6.07, 6.45) is 0. The third kappa shape index (κ3) is 4.89. The Morgan fingerprint density at radius 3 is 2.23 bits per heavy atom. The predicted molar refractivity (Wildman–Crippen MR) is 97.4 cm³/mol. The molecule has 3 rings (SSSR count). The lowest BCUT2D eigenvalue weighted by Gasteiger charge is -2.34. The van der Waals surface area contributed by atoms with E-state index >= 15 is 0 Å². The number of hydrogen-bond acceptors (Lipinski definition) is 3. The van der Waals surface area contributed by atoms with Gasteiger partial charge in [-0.05, 0) is 29.8 Å². The van der Waals surface area contributed by atoms with Crippen LogP contribution >= 0.6 is 0 Å². The van der Waals surface area contributed by atoms with Crippen molar-refractivity contribution in [2.24, 2.45) is 0 Å². The molecule has 2 aromatic rings. The van der Waals surface area contributed by atoms with Crippen molar-refractivity contribution in [1.82, 2.24) is 15.1 Å². The molecule has 1 aliphatic rings. The lowest BCUT2D eigenvalue weighted by molar-refractivity contribution is 0.0878. The van der Waals surface area contributed by atoms with Gasteiger partial charge >= 0.3 is 6.03 Å². The Hall–Kier alpha value is -2.73. The number of carbonyl (C=O) groups excluding carboxylic acids is 2. The van der Waals surface area contributed by atoms with Crippen LogP contribution in [0, 0.1) is 5.82 Å². The van der Waals surface area contributed by atoms with Crippen LogP contribution in [-0.4, -0.2) is 54.3 Å². The second-order valence-electron chi connectivity index (χ2n) is 6.34. The van der Waals surface area contributed by atoms with Gasteiger partial charge in [0, 0.05) is 38.3 Å². The van der Waals surface area contributed by atoms with Gasteiger partial charge in [0.25, 0.3) is 0 Å². The molecule has 0 radical (unpaired) electrons. The molecule has 6 heteroatoms. The Morgan fingerprint density at radius 2 is 1.58 bits per heavy atom. The van der Waals surface area contributed by atoms with Crippen LogP contribution in [0.25, 0.3) is 0 Å². The second kappa shape index (κ2) is 8.58. The molecule has 0 saturated carbocycles. The number of ketones is 1. The number of amides is 2. The van der Waals surface area contributed by atoms with Crippen LogP contribution in [0.15, 0.2) is 54.6 Å². The van der Waals surface area contributed by atoms with Gasteiger partial charge in [-0.3, -0.25) is 9.69 Å². The van der Waals surface area contributed by atoms with Crippen LogP contribution in [0.3, 0.4) is 0 Å². The summed E-state index contributed by atoms with van der Waals surface area (Å²) in [5.41, 5.74) is 1.57. The molecule has 1 aliphatic heterocycles. The van der Waals surface area contributed by atoms with E-state index in [4.69, 9.17) is 0 Å². The van der Waals surface area contributed by atoms with Crippen molar-refractivity contribution in [1.29, 1.82) is 0 Å². The molecule has 0 bridgehead atoms. The highest BCUT2D eigenvalue weighted by Crippen LogP contribution is 2.08. The zero-order valence-corrected chi connectivity index (χ0v) is 14.5. The Morgan fingerprint density at radius 1 is 0.923 bits per heavy atom. The van der Waals surface area contributed by atoms with Crippen LogP contribution in [0.2, 0.25) is 0 Å². The number of urea groups is 1. The summed E-state index contributed by atoms with van der Waals surface area (Å²) in [6, 6.07) is 15.3. The molecule has 0 aliphatic carbocycles. The van der Waals surface area contributed by atoms with Gasteiger partial charge in [-0.25, -0.2) is 9.18 Å². The highest BCUT2D eigenvalue weighted by atomic mass is 19.1. The second-order valence-corrected chi connectivity index (χ2v) is 6.34. The lowest BCUT2D eigenvalue weighted by atomic mass is 10.1. The largest absolute Gasteiger partial charge is 0.334 e. The summed E-state index contributed by atoms with van der Waals surface area (Å²) >= 11 is 0. The summed E-state index contributed by atoms with van der Waals surface area (Å²) in [7, 11) is 0. The lowest BCUT2D eigenvalue weighted by Crippen LogP contribution is -2.52. The van der Waals surface area contributed by atoms with E-state index in [9.17, 15) is 14.0 Å². The van der Waals surface area contributed by atoms with E-state index < -0.39 is 0 Å². The van der Waals surface area contributed by atoms with Gasteiger partial charge in [0.1, 0.15) is 5.82 Å². The van der Waals surface area contributed by atoms with Crippen LogP contribution in [0.4, 0.5) is 9.18 Å². The number of halogens is 1. The smallest absolute Gasteiger partial charge is 0.317 e. The molecule has 0 unspecified atom stereocenters. The fraction of sp³-hybridized carbons (Fsp3) is 0.300. The van der Waals surface area contributed by atoms with E-state index in [0.717, 1.165) is 5.56 Å². The number of benzene rings is 2. The normalized spacial score (nSPS) is 14.9. The first kappa shape index (κ1) is 18.1. The van der Waals surface area contributed by atoms with Crippen molar-refractivity contribution < 1.29 is 14.0 Å². The van der Waals surface area contributed by atoms with E-state index in [1.807, 2.05) is 35.2 Å². The number of nitrogens with zero attached hydrogens (tertiary/aromatic N) is 2. The zero-order chi connectivity index (χ0) is 18.4. The fourth-order valence-corrected chi connectivity index (χ4v) is 2.92. The van der Waals surface area contributed by atoms with Gasteiger partial charge in [-0.1, -0.05) is 30.3 Å². The van der Waals surface area contributed by atoms with Crippen LogP contribution in [0.1, 0.15) is 15.9 Å². The van der Waals surface area contributed by atoms with Gasteiger partial charge < -0.3 is 10.2 Å². The molecule has 1 N–H and O–H groups in total. The first-order valence-electron chi connectivity index (χ1n) is 8.69. The maximum absolute atomic E-state index is 12.9. The summed E-state index contributed by atoms with van der Waals surface area (Å²) in [5.74, 6) is -0.386. The highest BCUT2D eigenvalue weighted by molar-refractivity contribution is 5.97. The molecule has 5 nitrogen and oxygen atoms in total. The first-order valence-corrected chi connectivity index (χ1v) is 8.69. The summed E-state index contributed by atoms with van der Waals surface area (Å²) in [6.45, 7) is 3.24. The van der Waals surface area contributed by atoms with E-state index in [0.29, 0.717) is 38.3 Å². The fourth-order valence-electron chi connectivity index (χ4n) is 2.92. The van der Waals surface area contributed by atoms with Crippen molar-refractivity contribution in [3.8, 4) is 0 Å². The maximum atomic E-state index is 12.9. The van der Waals surface area contributed by atoms with Crippen molar-refractivity contribution in [3.05, 3.63) is 71.5 Å². The highest BCUT2D eigenvalue weighted by Gasteiger charge is 2.22. The molecule has 2 amide bonds. The van der Waals surface area contributed by atoms with Crippen molar-refractivity contribution in [2.75, 3.05) is 32.7 Å². The number of Topliss-reactive ketones (excluding diaryl/α,β-unsaturated/α-hetero) is 1. The third-order valence-corrected chi connectivity index (χ3v) is 4.48. The quantitative estimate of drug-likeness (QED) is 0.839. The maximum Gasteiger partial charge on any atom is 0.317 e. The van der Waals surface area contributed by atoms with Gasteiger partial charge in [0.05, 0.1) is 6.54 Å². The van der Waals surface area contributed by atoms with Crippen LogP contribution in [0.5, 0.6) is 0 Å². The van der Waals surface area contributed by atoms with Crippen molar-refractivity contribution >= 4 is 11.8 Å². The van der Waals surface area contributed by atoms with Gasteiger partial charge in [0.15, 0.2) is 5.78 Å². The minimum atomic E-state index is -0.350. The van der Waals surface area contributed by atoms with E-state index in [-0.39, 0.29) is 24.2 Å². The van der Waals surface area contributed by atoms with Crippen molar-refractivity contribution in [3.63, 3.8) is 0 Å². The van der Waals surface area contributed by atoms with Crippen LogP contribution in [-0.2, 0) is 6.54 Å². The SMILES string of the molecule is O=C(CN1CCN(C(=O)NCc2ccccc2)CC1)c1ccc(F)cc1. The molecule has 26 heavy (non-hydrogen) atoms. The topological polar surface area (TPSA) is 52.7 Å². The summed E-state index contributed by atoms with van der Waals surface area (Å²) < 4.78 is 12.9. The van der Waals surface area contributed by atoms with Crippen molar-refractivity contribution in [2.45, 2.75) is 6.54 Å². The van der Waals surface area contributed by atoms with E-state index in [1.165, 1.54) is 24.3 Å². The van der Waals surface area contributed by atoms with E-state index in [2.05, 4.69) is 5.32 Å². The molecule has 1 fully saturated rings. The summed E-state index contributed by atoms with van der Waals surface area (Å²) in [4.78, 5) is 28.3. The molecule has 1 saturated heterocycles. The first-order chi connectivity index (χ1) is 12.6. The molecule has 0 aromatic heterocycles. The average molecular weight is 355 g/mol. The Labute approximate surface area is 152 Å². The predicted octanol–water partition coefficient (Wildman–Crippen LogP) is 2.54. The number of carbonyl (C=O) groups is 2. The Kier molecular flexibility index (Phi) is 5.96. The molecule has 2 aromatic carbocycles. The Balaban J connectivity index is 1.42. The number of piperazine rings is 1. The zero-order valence-electron chi connectivity index (χ0n) is 14.5. The molecule has 136 valence electrons. The average Bonchev–Trinajstić information content (AvgIpc) is 2.68. The minimum Gasteiger partial charge on any atom is -0.334 e.